The molecule has 1 heterocycles. The van der Waals surface area contributed by atoms with E-state index in [1.54, 1.807) is 0 Å². The van der Waals surface area contributed by atoms with Crippen LogP contribution >= 0.6 is 0 Å². The van der Waals surface area contributed by atoms with Crippen LogP contribution in [0.4, 0.5) is 4.39 Å². The van der Waals surface area contributed by atoms with Gasteiger partial charge in [0.15, 0.2) is 0 Å². The molecule has 1 aromatic carbocycles. The monoisotopic (exact) mass is 244 g/mol. The van der Waals surface area contributed by atoms with Crippen LogP contribution in [0, 0.1) is 12.7 Å². The molecule has 3 heteroatoms. The smallest absolute Gasteiger partial charge is 0.123 e. The van der Waals surface area contributed by atoms with Crippen LogP contribution in [0.3, 0.4) is 0 Å². The van der Waals surface area contributed by atoms with E-state index in [2.05, 4.69) is 17.6 Å². The summed E-state index contributed by atoms with van der Waals surface area (Å²) in [6.45, 7) is 2.08. The zero-order valence-corrected chi connectivity index (χ0v) is 10.5. The number of hydrogen-bond acceptors (Lipinski definition) is 1. The number of nitrogens with two attached hydrogens (primary N) is 1. The normalized spacial score (nSPS) is 18.7. The molecule has 2 nitrogen and oxygen atoms in total. The van der Waals surface area contributed by atoms with E-state index in [-0.39, 0.29) is 11.9 Å². The molecule has 0 saturated carbocycles. The Balaban J connectivity index is 2.15. The second-order valence-electron chi connectivity index (χ2n) is 5.00. The Labute approximate surface area is 106 Å². The summed E-state index contributed by atoms with van der Waals surface area (Å²) in [4.78, 5) is 0. The number of nitrogens with zero attached hydrogens (tertiary/aromatic N) is 1. The van der Waals surface area contributed by atoms with Gasteiger partial charge in [0.1, 0.15) is 5.82 Å². The van der Waals surface area contributed by atoms with E-state index >= 15 is 0 Å². The molecule has 0 aliphatic heterocycles. The zero-order valence-electron chi connectivity index (χ0n) is 10.5. The first kappa shape index (κ1) is 11.5. The molecule has 1 unspecified atom stereocenters. The van der Waals surface area contributed by atoms with Gasteiger partial charge >= 0.3 is 0 Å². The molecule has 3 rings (SSSR count). The molecule has 0 fully saturated rings. The summed E-state index contributed by atoms with van der Waals surface area (Å²) in [6.07, 6.45) is 3.23. The molecule has 0 saturated heterocycles. The number of rotatable bonds is 1. The summed E-state index contributed by atoms with van der Waals surface area (Å²) in [6, 6.07) is 8.97. The second kappa shape index (κ2) is 4.25. The Morgan fingerprint density at radius 2 is 2.00 bits per heavy atom. The Bertz CT molecular complexity index is 569. The summed E-state index contributed by atoms with van der Waals surface area (Å²) in [5.41, 5.74) is 10.9. The highest BCUT2D eigenvalue weighted by atomic mass is 19.1. The number of aromatic nitrogens is 1. The Morgan fingerprint density at radius 1 is 1.28 bits per heavy atom. The maximum absolute atomic E-state index is 13.0. The SMILES string of the molecule is Cc1cc2c(n1-c1ccc(F)cc1)CCCC2N. The summed E-state index contributed by atoms with van der Waals surface area (Å²) in [5.74, 6) is -0.200. The number of halogens is 1. The largest absolute Gasteiger partial charge is 0.324 e. The fraction of sp³-hybridized carbons (Fsp3) is 0.333. The van der Waals surface area contributed by atoms with Crippen molar-refractivity contribution in [3.05, 3.63) is 53.1 Å². The van der Waals surface area contributed by atoms with Crippen molar-refractivity contribution in [1.29, 1.82) is 0 Å². The predicted octanol–water partition coefficient (Wildman–Crippen LogP) is 3.26. The van der Waals surface area contributed by atoms with Crippen LogP contribution in [-0.4, -0.2) is 4.57 Å². The molecule has 2 N–H and O–H groups in total. The Morgan fingerprint density at radius 3 is 2.72 bits per heavy atom. The second-order valence-corrected chi connectivity index (χ2v) is 5.00. The lowest BCUT2D eigenvalue weighted by Crippen LogP contribution is -2.17. The highest BCUT2D eigenvalue weighted by molar-refractivity contribution is 5.43. The third-order valence-electron chi connectivity index (χ3n) is 3.73. The standard InChI is InChI=1S/C15H17FN2/c1-10-9-13-14(17)3-2-4-15(13)18(10)12-7-5-11(16)6-8-12/h5-9,14H,2-4,17H2,1H3. The van der Waals surface area contributed by atoms with Gasteiger partial charge in [-0.3, -0.25) is 0 Å². The highest BCUT2D eigenvalue weighted by Crippen LogP contribution is 2.32. The molecule has 0 bridgehead atoms. The number of benzene rings is 1. The lowest BCUT2D eigenvalue weighted by Gasteiger charge is -2.21. The van der Waals surface area contributed by atoms with Gasteiger partial charge in [-0.25, -0.2) is 4.39 Å². The van der Waals surface area contributed by atoms with Crippen LogP contribution in [0.15, 0.2) is 30.3 Å². The fourth-order valence-corrected chi connectivity index (χ4v) is 2.89. The number of hydrogen-bond donors (Lipinski definition) is 1. The van der Waals surface area contributed by atoms with E-state index in [1.165, 1.54) is 29.1 Å². The van der Waals surface area contributed by atoms with Crippen molar-refractivity contribution >= 4 is 0 Å². The fourth-order valence-electron chi connectivity index (χ4n) is 2.89. The van der Waals surface area contributed by atoms with Gasteiger partial charge in [-0.1, -0.05) is 0 Å². The van der Waals surface area contributed by atoms with E-state index < -0.39 is 0 Å². The molecule has 1 aliphatic carbocycles. The minimum atomic E-state index is -0.200. The molecule has 2 aromatic rings. The molecule has 0 amide bonds. The van der Waals surface area contributed by atoms with Crippen molar-refractivity contribution in [2.75, 3.05) is 0 Å². The summed E-state index contributed by atoms with van der Waals surface area (Å²) >= 11 is 0. The van der Waals surface area contributed by atoms with Crippen LogP contribution in [0.5, 0.6) is 0 Å². The molecule has 1 atom stereocenters. The zero-order chi connectivity index (χ0) is 12.7. The maximum atomic E-state index is 13.0. The Hall–Kier alpha value is -1.61. The van der Waals surface area contributed by atoms with E-state index in [0.29, 0.717) is 0 Å². The van der Waals surface area contributed by atoms with Crippen molar-refractivity contribution < 1.29 is 4.39 Å². The molecular formula is C15H17FN2. The minimum absolute atomic E-state index is 0.147. The van der Waals surface area contributed by atoms with Gasteiger partial charge in [-0.15, -0.1) is 0 Å². The first-order chi connectivity index (χ1) is 8.66. The van der Waals surface area contributed by atoms with Gasteiger partial charge in [0.2, 0.25) is 0 Å². The lowest BCUT2D eigenvalue weighted by molar-refractivity contribution is 0.559. The third kappa shape index (κ3) is 1.75. The van der Waals surface area contributed by atoms with Crippen molar-refractivity contribution in [3.8, 4) is 5.69 Å². The third-order valence-corrected chi connectivity index (χ3v) is 3.73. The lowest BCUT2D eigenvalue weighted by atomic mass is 9.93. The molecule has 18 heavy (non-hydrogen) atoms. The molecule has 94 valence electrons. The van der Waals surface area contributed by atoms with Crippen molar-refractivity contribution in [2.45, 2.75) is 32.2 Å². The summed E-state index contributed by atoms with van der Waals surface area (Å²) in [5, 5.41) is 0. The van der Waals surface area contributed by atoms with Gasteiger partial charge in [0.25, 0.3) is 0 Å². The van der Waals surface area contributed by atoms with Crippen molar-refractivity contribution in [1.82, 2.24) is 4.57 Å². The topological polar surface area (TPSA) is 30.9 Å². The van der Waals surface area contributed by atoms with Crippen LogP contribution in [0.25, 0.3) is 5.69 Å². The minimum Gasteiger partial charge on any atom is -0.324 e. The van der Waals surface area contributed by atoms with Gasteiger partial charge in [0.05, 0.1) is 0 Å². The molecule has 0 radical (unpaired) electrons. The van der Waals surface area contributed by atoms with Crippen LogP contribution in [0.1, 0.15) is 35.8 Å². The van der Waals surface area contributed by atoms with E-state index in [4.69, 9.17) is 5.73 Å². The maximum Gasteiger partial charge on any atom is 0.123 e. The number of fused-ring (bicyclic) bond motifs is 1. The van der Waals surface area contributed by atoms with Crippen LogP contribution < -0.4 is 5.73 Å². The quantitative estimate of drug-likeness (QED) is 0.820. The van der Waals surface area contributed by atoms with E-state index in [9.17, 15) is 4.39 Å². The van der Waals surface area contributed by atoms with Gasteiger partial charge in [-0.2, -0.15) is 0 Å². The first-order valence-corrected chi connectivity index (χ1v) is 6.39. The molecule has 1 aliphatic rings. The molecular weight excluding hydrogens is 227 g/mol. The van der Waals surface area contributed by atoms with Crippen LogP contribution in [0.2, 0.25) is 0 Å². The molecule has 1 aromatic heterocycles. The summed E-state index contributed by atoms with van der Waals surface area (Å²) < 4.78 is 15.2. The van der Waals surface area contributed by atoms with Crippen molar-refractivity contribution in [3.63, 3.8) is 0 Å². The van der Waals surface area contributed by atoms with E-state index in [1.807, 2.05) is 12.1 Å². The highest BCUT2D eigenvalue weighted by Gasteiger charge is 2.22. The van der Waals surface area contributed by atoms with Crippen molar-refractivity contribution in [2.24, 2.45) is 5.73 Å². The average Bonchev–Trinajstić information content (AvgIpc) is 2.69. The van der Waals surface area contributed by atoms with E-state index in [0.717, 1.165) is 24.9 Å². The molecule has 0 spiro atoms. The average molecular weight is 244 g/mol. The Kier molecular flexibility index (Phi) is 2.71. The van der Waals surface area contributed by atoms with Gasteiger partial charge in [0, 0.05) is 23.1 Å². The first-order valence-electron chi connectivity index (χ1n) is 6.39. The van der Waals surface area contributed by atoms with Gasteiger partial charge < -0.3 is 10.3 Å². The summed E-state index contributed by atoms with van der Waals surface area (Å²) in [7, 11) is 0. The number of aryl methyl sites for hydroxylation is 1. The van der Waals surface area contributed by atoms with Crippen LogP contribution in [-0.2, 0) is 6.42 Å². The van der Waals surface area contributed by atoms with Gasteiger partial charge in [-0.05, 0) is 62.1 Å². The predicted molar refractivity (Wildman–Crippen MR) is 70.3 cm³/mol.